The van der Waals surface area contributed by atoms with E-state index < -0.39 is 5.97 Å². The Morgan fingerprint density at radius 2 is 2.17 bits per heavy atom. The summed E-state index contributed by atoms with van der Waals surface area (Å²) in [5, 5.41) is 10.8. The number of anilines is 1. The smallest absolute Gasteiger partial charge is 0.329 e. The van der Waals surface area contributed by atoms with Gasteiger partial charge in [-0.3, -0.25) is 0 Å². The fourth-order valence-electron chi connectivity index (χ4n) is 0.561. The van der Waals surface area contributed by atoms with Crippen LogP contribution in [0.15, 0.2) is 30.7 Å². The number of carbonyl (C=O) groups is 1. The molecule has 0 saturated carbocycles. The number of nitrogens with zero attached hydrogens (tertiary/aromatic N) is 2. The lowest BCUT2D eigenvalue weighted by Crippen LogP contribution is -1.95. The summed E-state index contributed by atoms with van der Waals surface area (Å²) in [6, 6.07) is 1.67. The molecule has 0 atom stereocenters. The summed E-state index contributed by atoms with van der Waals surface area (Å²) in [4.78, 5) is 17.6. The monoisotopic (exact) mass is 165 g/mol. The quantitative estimate of drug-likeness (QED) is 0.637. The molecule has 0 saturated heterocycles. The Bertz CT molecular complexity index is 284. The van der Waals surface area contributed by atoms with Crippen LogP contribution in [0.5, 0.6) is 0 Å². The van der Waals surface area contributed by atoms with E-state index in [-0.39, 0.29) is 0 Å². The number of aromatic nitrogens is 2. The number of carboxylic acids is 1. The molecule has 1 aromatic rings. The molecule has 0 aliphatic carbocycles. The molecule has 12 heavy (non-hydrogen) atoms. The molecule has 0 bridgehead atoms. The minimum Gasteiger partial charge on any atom is -0.478 e. The normalized spacial score (nSPS) is 10.0. The second-order valence-corrected chi connectivity index (χ2v) is 1.89. The van der Waals surface area contributed by atoms with Gasteiger partial charge in [-0.15, -0.1) is 0 Å². The first-order valence-electron chi connectivity index (χ1n) is 3.22. The van der Waals surface area contributed by atoms with Gasteiger partial charge < -0.3 is 10.4 Å². The summed E-state index contributed by atoms with van der Waals surface area (Å²) >= 11 is 0. The Hall–Kier alpha value is -1.91. The third-order valence-electron chi connectivity index (χ3n) is 1.00. The molecule has 0 aliphatic heterocycles. The van der Waals surface area contributed by atoms with E-state index >= 15 is 0 Å². The van der Waals surface area contributed by atoms with Crippen molar-refractivity contribution in [3.8, 4) is 0 Å². The molecule has 5 nitrogen and oxygen atoms in total. The topological polar surface area (TPSA) is 75.1 Å². The zero-order valence-electron chi connectivity index (χ0n) is 6.14. The van der Waals surface area contributed by atoms with E-state index in [1.54, 1.807) is 18.5 Å². The Morgan fingerprint density at radius 3 is 2.75 bits per heavy atom. The highest BCUT2D eigenvalue weighted by Crippen LogP contribution is 1.92. The number of hydrogen-bond acceptors (Lipinski definition) is 4. The van der Waals surface area contributed by atoms with Gasteiger partial charge in [-0.25, -0.2) is 14.8 Å². The van der Waals surface area contributed by atoms with Gasteiger partial charge in [-0.1, -0.05) is 0 Å². The molecule has 0 aliphatic rings. The molecule has 0 spiro atoms. The average Bonchev–Trinajstić information content (AvgIpc) is 2.05. The first kappa shape index (κ1) is 8.19. The van der Waals surface area contributed by atoms with E-state index in [2.05, 4.69) is 15.3 Å². The lowest BCUT2D eigenvalue weighted by Gasteiger charge is -1.94. The summed E-state index contributed by atoms with van der Waals surface area (Å²) in [6.45, 7) is 0. The van der Waals surface area contributed by atoms with Crippen LogP contribution in [-0.4, -0.2) is 21.0 Å². The lowest BCUT2D eigenvalue weighted by atomic mass is 10.6. The van der Waals surface area contributed by atoms with E-state index in [9.17, 15) is 4.79 Å². The third kappa shape index (κ3) is 2.78. The summed E-state index contributed by atoms with van der Waals surface area (Å²) in [6.07, 6.45) is 5.35. The number of aliphatic carboxylic acids is 1. The van der Waals surface area contributed by atoms with Gasteiger partial charge in [0.25, 0.3) is 0 Å². The predicted molar refractivity (Wildman–Crippen MR) is 42.4 cm³/mol. The first-order chi connectivity index (χ1) is 5.79. The van der Waals surface area contributed by atoms with E-state index in [0.717, 1.165) is 6.08 Å². The van der Waals surface area contributed by atoms with E-state index in [0.29, 0.717) is 5.95 Å². The summed E-state index contributed by atoms with van der Waals surface area (Å²) in [7, 11) is 0. The van der Waals surface area contributed by atoms with Crippen molar-refractivity contribution in [2.75, 3.05) is 5.32 Å². The molecule has 0 aromatic carbocycles. The Kier molecular flexibility index (Phi) is 2.78. The molecule has 62 valence electrons. The molecule has 1 rings (SSSR count). The van der Waals surface area contributed by atoms with Gasteiger partial charge in [-0.05, 0) is 6.07 Å². The maximum Gasteiger partial charge on any atom is 0.329 e. The Labute approximate surface area is 68.8 Å². The van der Waals surface area contributed by atoms with Crippen LogP contribution in [0, 0.1) is 0 Å². The van der Waals surface area contributed by atoms with Crippen LogP contribution in [0.3, 0.4) is 0 Å². The van der Waals surface area contributed by atoms with Gasteiger partial charge >= 0.3 is 5.97 Å². The number of hydrogen-bond donors (Lipinski definition) is 2. The van der Waals surface area contributed by atoms with Crippen molar-refractivity contribution in [2.24, 2.45) is 0 Å². The van der Waals surface area contributed by atoms with Gasteiger partial charge in [0.2, 0.25) is 5.95 Å². The molecule has 5 heteroatoms. The van der Waals surface area contributed by atoms with Crippen molar-refractivity contribution in [3.05, 3.63) is 30.7 Å². The van der Waals surface area contributed by atoms with Crippen molar-refractivity contribution in [1.29, 1.82) is 0 Å². The van der Waals surface area contributed by atoms with Gasteiger partial charge in [0.1, 0.15) is 0 Å². The van der Waals surface area contributed by atoms with Crippen LogP contribution in [0.1, 0.15) is 0 Å². The molecule has 1 heterocycles. The highest BCUT2D eigenvalue weighted by Gasteiger charge is 1.88. The Balaban J connectivity index is 2.49. The minimum absolute atomic E-state index is 0.370. The second-order valence-electron chi connectivity index (χ2n) is 1.89. The maximum atomic E-state index is 10.0. The molecule has 0 radical (unpaired) electrons. The van der Waals surface area contributed by atoms with E-state index in [4.69, 9.17) is 5.11 Å². The number of nitrogens with one attached hydrogen (secondary N) is 1. The van der Waals surface area contributed by atoms with Crippen LogP contribution in [-0.2, 0) is 4.79 Å². The first-order valence-corrected chi connectivity index (χ1v) is 3.22. The predicted octanol–water partition coefficient (Wildman–Crippen LogP) is 0.487. The van der Waals surface area contributed by atoms with Crippen LogP contribution in [0.25, 0.3) is 0 Å². The minimum atomic E-state index is -1.02. The Morgan fingerprint density at radius 1 is 1.50 bits per heavy atom. The highest BCUT2D eigenvalue weighted by molar-refractivity contribution is 5.80. The molecule has 0 unspecified atom stereocenters. The highest BCUT2D eigenvalue weighted by atomic mass is 16.4. The SMILES string of the molecule is O=C(O)/C=C/Nc1ncccn1. The van der Waals surface area contributed by atoms with Crippen LogP contribution < -0.4 is 5.32 Å². The molecule has 1 aromatic heterocycles. The number of carboxylic acid groups (broad SMARTS) is 1. The summed E-state index contributed by atoms with van der Waals surface area (Å²) in [5.41, 5.74) is 0. The standard InChI is InChI=1S/C7H7N3O2/c11-6(12)2-5-10-7-8-3-1-4-9-7/h1-5H,(H,11,12)(H,8,9,10)/b5-2+. The zero-order chi connectivity index (χ0) is 8.81. The van der Waals surface area contributed by atoms with Crippen molar-refractivity contribution >= 4 is 11.9 Å². The average molecular weight is 165 g/mol. The van der Waals surface area contributed by atoms with Crippen LogP contribution in [0.2, 0.25) is 0 Å². The third-order valence-corrected chi connectivity index (χ3v) is 1.00. The molecule has 0 amide bonds. The van der Waals surface area contributed by atoms with E-state index in [1.165, 1.54) is 6.20 Å². The van der Waals surface area contributed by atoms with Crippen molar-refractivity contribution < 1.29 is 9.90 Å². The summed E-state index contributed by atoms with van der Waals surface area (Å²) in [5.74, 6) is -0.645. The largest absolute Gasteiger partial charge is 0.478 e. The van der Waals surface area contributed by atoms with Crippen molar-refractivity contribution in [1.82, 2.24) is 9.97 Å². The zero-order valence-corrected chi connectivity index (χ0v) is 6.14. The van der Waals surface area contributed by atoms with Crippen LogP contribution in [0.4, 0.5) is 5.95 Å². The molecular formula is C7H7N3O2. The van der Waals surface area contributed by atoms with Crippen molar-refractivity contribution in [2.45, 2.75) is 0 Å². The van der Waals surface area contributed by atoms with Crippen molar-refractivity contribution in [3.63, 3.8) is 0 Å². The molecule has 2 N–H and O–H groups in total. The van der Waals surface area contributed by atoms with Gasteiger partial charge in [0.15, 0.2) is 0 Å². The summed E-state index contributed by atoms with van der Waals surface area (Å²) < 4.78 is 0. The molecule has 0 fully saturated rings. The second kappa shape index (κ2) is 4.07. The van der Waals surface area contributed by atoms with Gasteiger partial charge in [0, 0.05) is 24.7 Å². The van der Waals surface area contributed by atoms with E-state index in [1.807, 2.05) is 0 Å². The molecular weight excluding hydrogens is 158 g/mol. The van der Waals surface area contributed by atoms with Gasteiger partial charge in [0.05, 0.1) is 0 Å². The number of rotatable bonds is 3. The lowest BCUT2D eigenvalue weighted by molar-refractivity contribution is -0.131. The maximum absolute atomic E-state index is 10.0. The fraction of sp³-hybridized carbons (Fsp3) is 0. The fourth-order valence-corrected chi connectivity index (χ4v) is 0.561. The van der Waals surface area contributed by atoms with Crippen LogP contribution >= 0.6 is 0 Å². The van der Waals surface area contributed by atoms with Gasteiger partial charge in [-0.2, -0.15) is 0 Å².